The minimum Gasteiger partial charge on any atom is -0.335 e. The number of likely N-dealkylation sites (tertiary alicyclic amines) is 1. The average Bonchev–Trinajstić information content (AvgIpc) is 3.14. The molecule has 3 aromatic rings. The monoisotopic (exact) mass is 414 g/mol. The Bertz CT molecular complexity index is 1150. The molecule has 0 N–H and O–H groups in total. The van der Waals surface area contributed by atoms with E-state index in [1.54, 1.807) is 17.0 Å². The maximum atomic E-state index is 14.1. The van der Waals surface area contributed by atoms with Crippen molar-refractivity contribution in [1.82, 2.24) is 19.5 Å². The first-order chi connectivity index (χ1) is 14.3. The van der Waals surface area contributed by atoms with Gasteiger partial charge in [-0.2, -0.15) is 18.3 Å². The largest absolute Gasteiger partial charge is 0.433 e. The molecule has 30 heavy (non-hydrogen) atoms. The van der Waals surface area contributed by atoms with Gasteiger partial charge in [-0.3, -0.25) is 4.79 Å². The van der Waals surface area contributed by atoms with Crippen molar-refractivity contribution in [1.29, 1.82) is 0 Å². The number of benzene rings is 1. The Morgan fingerprint density at radius 2 is 1.97 bits per heavy atom. The number of aryl methyl sites for hydroxylation is 1. The number of nitrogens with zero attached hydrogens (tertiary/aromatic N) is 4. The average molecular weight is 414 g/mol. The molecule has 5 rings (SSSR count). The van der Waals surface area contributed by atoms with Crippen LogP contribution in [0.1, 0.15) is 53.5 Å². The molecule has 8 heteroatoms. The molecule has 1 atom stereocenters. The highest BCUT2D eigenvalue weighted by molar-refractivity contribution is 5.93. The smallest absolute Gasteiger partial charge is 0.335 e. The Morgan fingerprint density at radius 3 is 2.73 bits per heavy atom. The van der Waals surface area contributed by atoms with Crippen molar-refractivity contribution in [2.45, 2.75) is 51.2 Å². The summed E-state index contributed by atoms with van der Waals surface area (Å²) in [7, 11) is 0. The van der Waals surface area contributed by atoms with Crippen molar-refractivity contribution < 1.29 is 18.0 Å². The molecule has 2 aromatic heterocycles. The summed E-state index contributed by atoms with van der Waals surface area (Å²) in [6.45, 7) is 2.55. The highest BCUT2D eigenvalue weighted by atomic mass is 19.4. The summed E-state index contributed by atoms with van der Waals surface area (Å²) in [5.74, 6) is -0.334. The number of alkyl halides is 3. The first-order valence-corrected chi connectivity index (χ1v) is 10.2. The number of hydrogen-bond acceptors (Lipinski definition) is 3. The molecule has 1 amide bonds. The van der Waals surface area contributed by atoms with Crippen molar-refractivity contribution in [2.24, 2.45) is 0 Å². The molecule has 0 saturated carbocycles. The molecule has 1 aromatic carbocycles. The zero-order valence-corrected chi connectivity index (χ0v) is 16.5. The highest BCUT2D eigenvalue weighted by Crippen LogP contribution is 2.40. The SMILES string of the molecule is C[C@@H]1CCCCN1C(=O)c1cc2nc3c(c(C(F)(F)F)n2n1)CCc1ccccc1-3. The Kier molecular flexibility index (Phi) is 4.34. The predicted molar refractivity (Wildman–Crippen MR) is 105 cm³/mol. The summed E-state index contributed by atoms with van der Waals surface area (Å²) < 4.78 is 43.2. The minimum absolute atomic E-state index is 0.0115. The predicted octanol–water partition coefficient (Wildman–Crippen LogP) is 4.53. The Labute approximate surface area is 171 Å². The molecular weight excluding hydrogens is 393 g/mol. The van der Waals surface area contributed by atoms with E-state index in [9.17, 15) is 18.0 Å². The van der Waals surface area contributed by atoms with Crippen LogP contribution in [0.15, 0.2) is 30.3 Å². The number of carbonyl (C=O) groups is 1. The third-order valence-electron chi connectivity index (χ3n) is 6.17. The van der Waals surface area contributed by atoms with Crippen LogP contribution < -0.4 is 0 Å². The summed E-state index contributed by atoms with van der Waals surface area (Å²) in [5.41, 5.74) is 1.40. The van der Waals surface area contributed by atoms with Crippen LogP contribution in [-0.2, 0) is 19.0 Å². The van der Waals surface area contributed by atoms with Crippen LogP contribution in [0.3, 0.4) is 0 Å². The van der Waals surface area contributed by atoms with Gasteiger partial charge < -0.3 is 4.90 Å². The summed E-state index contributed by atoms with van der Waals surface area (Å²) in [4.78, 5) is 19.2. The minimum atomic E-state index is -4.61. The lowest BCUT2D eigenvalue weighted by atomic mass is 9.88. The van der Waals surface area contributed by atoms with E-state index in [1.807, 2.05) is 19.1 Å². The number of rotatable bonds is 1. The van der Waals surface area contributed by atoms with Gasteiger partial charge in [0, 0.05) is 29.8 Å². The lowest BCUT2D eigenvalue weighted by Gasteiger charge is -2.32. The quantitative estimate of drug-likeness (QED) is 0.588. The molecular formula is C22H21F3N4O. The number of halogens is 3. The summed E-state index contributed by atoms with van der Waals surface area (Å²) in [5, 5.41) is 4.10. The Morgan fingerprint density at radius 1 is 1.17 bits per heavy atom. The van der Waals surface area contributed by atoms with E-state index >= 15 is 0 Å². The van der Waals surface area contributed by atoms with Crippen molar-refractivity contribution in [3.63, 3.8) is 0 Å². The van der Waals surface area contributed by atoms with Gasteiger partial charge in [0.15, 0.2) is 17.0 Å². The van der Waals surface area contributed by atoms with E-state index in [1.165, 1.54) is 6.07 Å². The van der Waals surface area contributed by atoms with Crippen LogP contribution in [0.5, 0.6) is 0 Å². The van der Waals surface area contributed by atoms with Crippen molar-refractivity contribution in [3.05, 3.63) is 52.8 Å². The van der Waals surface area contributed by atoms with Crippen molar-refractivity contribution in [2.75, 3.05) is 6.54 Å². The molecule has 1 saturated heterocycles. The number of amides is 1. The fourth-order valence-corrected chi connectivity index (χ4v) is 4.67. The number of aromatic nitrogens is 3. The zero-order chi connectivity index (χ0) is 21.0. The van der Waals surface area contributed by atoms with Gasteiger partial charge in [0.05, 0.1) is 5.69 Å². The van der Waals surface area contributed by atoms with Crippen LogP contribution in [0.2, 0.25) is 0 Å². The lowest BCUT2D eigenvalue weighted by Crippen LogP contribution is -2.42. The maximum absolute atomic E-state index is 14.1. The van der Waals surface area contributed by atoms with Gasteiger partial charge in [0.2, 0.25) is 0 Å². The molecule has 0 bridgehead atoms. The van der Waals surface area contributed by atoms with Gasteiger partial charge in [-0.25, -0.2) is 9.50 Å². The Balaban J connectivity index is 1.70. The van der Waals surface area contributed by atoms with E-state index < -0.39 is 11.9 Å². The lowest BCUT2D eigenvalue weighted by molar-refractivity contribution is -0.143. The van der Waals surface area contributed by atoms with Gasteiger partial charge in [-0.15, -0.1) is 0 Å². The second kappa shape index (κ2) is 6.82. The Hall–Kier alpha value is -2.90. The van der Waals surface area contributed by atoms with Crippen molar-refractivity contribution >= 4 is 11.6 Å². The topological polar surface area (TPSA) is 50.5 Å². The van der Waals surface area contributed by atoms with Crippen LogP contribution >= 0.6 is 0 Å². The fourth-order valence-electron chi connectivity index (χ4n) is 4.67. The second-order valence-corrected chi connectivity index (χ2v) is 8.09. The molecule has 2 aliphatic rings. The highest BCUT2D eigenvalue weighted by Gasteiger charge is 2.40. The van der Waals surface area contributed by atoms with E-state index in [0.29, 0.717) is 24.2 Å². The molecule has 156 valence electrons. The number of hydrogen-bond donors (Lipinski definition) is 0. The van der Waals surface area contributed by atoms with Crippen LogP contribution in [0, 0.1) is 0 Å². The second-order valence-electron chi connectivity index (χ2n) is 8.09. The standard InChI is InChI=1S/C22H21F3N4O/c1-13-6-4-5-11-28(13)21(30)17-12-18-26-19-15-8-3-2-7-14(15)9-10-16(19)20(22(23,24)25)29(18)27-17/h2-3,7-8,12-13H,4-6,9-11H2,1H3/t13-/m1/s1. The van der Waals surface area contributed by atoms with E-state index in [-0.39, 0.29) is 35.3 Å². The normalized spacial score (nSPS) is 18.9. The van der Waals surface area contributed by atoms with Gasteiger partial charge in [-0.05, 0) is 44.6 Å². The number of piperidine rings is 1. The van der Waals surface area contributed by atoms with Crippen LogP contribution in [-0.4, -0.2) is 38.0 Å². The van der Waals surface area contributed by atoms with Crippen molar-refractivity contribution in [3.8, 4) is 11.3 Å². The molecule has 0 radical (unpaired) electrons. The van der Waals surface area contributed by atoms with Gasteiger partial charge in [0.1, 0.15) is 0 Å². The molecule has 1 fully saturated rings. The summed E-state index contributed by atoms with van der Waals surface area (Å²) >= 11 is 0. The third kappa shape index (κ3) is 2.97. The van der Waals surface area contributed by atoms with Gasteiger partial charge in [-0.1, -0.05) is 24.3 Å². The third-order valence-corrected chi connectivity index (χ3v) is 6.17. The van der Waals surface area contributed by atoms with Gasteiger partial charge >= 0.3 is 6.18 Å². The van der Waals surface area contributed by atoms with Crippen LogP contribution in [0.4, 0.5) is 13.2 Å². The first-order valence-electron chi connectivity index (χ1n) is 10.2. The van der Waals surface area contributed by atoms with Crippen LogP contribution in [0.25, 0.3) is 16.9 Å². The van der Waals surface area contributed by atoms with E-state index in [0.717, 1.165) is 29.3 Å². The molecule has 3 heterocycles. The zero-order valence-electron chi connectivity index (χ0n) is 16.5. The van der Waals surface area contributed by atoms with E-state index in [2.05, 4.69) is 10.1 Å². The molecule has 0 unspecified atom stereocenters. The van der Waals surface area contributed by atoms with Gasteiger partial charge in [0.25, 0.3) is 5.91 Å². The number of fused-ring (bicyclic) bond motifs is 4. The summed E-state index contributed by atoms with van der Waals surface area (Å²) in [6, 6.07) is 8.83. The van der Waals surface area contributed by atoms with E-state index in [4.69, 9.17) is 0 Å². The molecule has 0 spiro atoms. The summed E-state index contributed by atoms with van der Waals surface area (Å²) in [6.07, 6.45) is -1.05. The first kappa shape index (κ1) is 19.1. The number of carbonyl (C=O) groups excluding carboxylic acids is 1. The molecule has 5 nitrogen and oxygen atoms in total. The molecule has 1 aliphatic carbocycles. The molecule has 1 aliphatic heterocycles. The maximum Gasteiger partial charge on any atom is 0.433 e. The fraction of sp³-hybridized carbons (Fsp3) is 0.409.